The third kappa shape index (κ3) is 4.33. The van der Waals surface area contributed by atoms with Gasteiger partial charge in [-0.1, -0.05) is 18.2 Å². The van der Waals surface area contributed by atoms with Crippen LogP contribution in [0.5, 0.6) is 0 Å². The molecule has 1 amide bonds. The molecule has 1 heterocycles. The smallest absolute Gasteiger partial charge is 0.269 e. The van der Waals surface area contributed by atoms with E-state index in [0.29, 0.717) is 17.9 Å². The first kappa shape index (κ1) is 16.9. The van der Waals surface area contributed by atoms with Crippen molar-refractivity contribution in [1.29, 1.82) is 0 Å². The van der Waals surface area contributed by atoms with Gasteiger partial charge in [0.05, 0.1) is 16.1 Å². The van der Waals surface area contributed by atoms with E-state index in [-0.39, 0.29) is 11.6 Å². The molecule has 2 aromatic carbocycles. The number of rotatable bonds is 6. The van der Waals surface area contributed by atoms with Crippen LogP contribution in [0.4, 0.5) is 11.4 Å². The summed E-state index contributed by atoms with van der Waals surface area (Å²) >= 11 is 1.48. The number of carbonyl (C=O) groups is 1. The second-order valence-electron chi connectivity index (χ2n) is 5.28. The van der Waals surface area contributed by atoms with Gasteiger partial charge < -0.3 is 5.32 Å². The van der Waals surface area contributed by atoms with Crippen LogP contribution in [0.3, 0.4) is 0 Å². The molecule has 0 aliphatic rings. The molecule has 0 atom stereocenters. The highest BCUT2D eigenvalue weighted by molar-refractivity contribution is 7.99. The first-order chi connectivity index (χ1) is 12.1. The first-order valence-corrected chi connectivity index (χ1v) is 8.63. The molecule has 0 bridgehead atoms. The lowest BCUT2D eigenvalue weighted by molar-refractivity contribution is -0.384. The highest BCUT2D eigenvalue weighted by Crippen LogP contribution is 2.23. The Hall–Kier alpha value is -2.93. The van der Waals surface area contributed by atoms with Crippen molar-refractivity contribution in [3.8, 4) is 0 Å². The molecular formula is C18H15N3O3S. The Morgan fingerprint density at radius 3 is 2.64 bits per heavy atom. The highest BCUT2D eigenvalue weighted by atomic mass is 32.2. The van der Waals surface area contributed by atoms with Crippen LogP contribution in [0, 0.1) is 10.1 Å². The zero-order chi connectivity index (χ0) is 17.6. The van der Waals surface area contributed by atoms with Gasteiger partial charge in [0, 0.05) is 40.8 Å². The largest absolute Gasteiger partial charge is 0.324 e. The van der Waals surface area contributed by atoms with Crippen molar-refractivity contribution in [3.63, 3.8) is 0 Å². The standard InChI is InChI=1S/C18H15N3O3S/c22-17(10-12-25-15-8-6-14(7-9-15)21(23)24)20-16-5-1-3-13-4-2-11-19-18(13)16/h1-9,11H,10,12H2,(H,20,22). The lowest BCUT2D eigenvalue weighted by Crippen LogP contribution is -2.12. The van der Waals surface area contributed by atoms with Gasteiger partial charge in [-0.05, 0) is 24.3 Å². The number of nitro benzene ring substituents is 1. The van der Waals surface area contributed by atoms with Crippen LogP contribution in [0.25, 0.3) is 10.9 Å². The van der Waals surface area contributed by atoms with E-state index in [0.717, 1.165) is 15.8 Å². The van der Waals surface area contributed by atoms with E-state index >= 15 is 0 Å². The van der Waals surface area contributed by atoms with Crippen LogP contribution in [0.1, 0.15) is 6.42 Å². The molecular weight excluding hydrogens is 338 g/mol. The number of para-hydroxylation sites is 1. The fraction of sp³-hybridized carbons (Fsp3) is 0.111. The number of hydrogen-bond acceptors (Lipinski definition) is 5. The number of non-ortho nitro benzene ring substituents is 1. The second-order valence-corrected chi connectivity index (χ2v) is 6.45. The predicted molar refractivity (Wildman–Crippen MR) is 98.8 cm³/mol. The minimum absolute atomic E-state index is 0.0607. The number of anilines is 1. The van der Waals surface area contributed by atoms with Crippen molar-refractivity contribution in [2.45, 2.75) is 11.3 Å². The van der Waals surface area contributed by atoms with Crippen molar-refractivity contribution < 1.29 is 9.72 Å². The van der Waals surface area contributed by atoms with Crippen LogP contribution in [-0.4, -0.2) is 21.6 Å². The van der Waals surface area contributed by atoms with Crippen molar-refractivity contribution in [3.05, 3.63) is 70.9 Å². The number of carbonyl (C=O) groups excluding carboxylic acids is 1. The summed E-state index contributed by atoms with van der Waals surface area (Å²) in [6, 6.07) is 15.8. The fourth-order valence-electron chi connectivity index (χ4n) is 2.34. The molecule has 0 saturated carbocycles. The molecule has 0 saturated heterocycles. The summed E-state index contributed by atoms with van der Waals surface area (Å²) in [5, 5.41) is 14.5. The van der Waals surface area contributed by atoms with Crippen molar-refractivity contribution in [2.24, 2.45) is 0 Å². The SMILES string of the molecule is O=C(CCSc1ccc([N+](=O)[O-])cc1)Nc1cccc2cccnc12. The molecule has 0 spiro atoms. The summed E-state index contributed by atoms with van der Waals surface area (Å²) in [6.45, 7) is 0. The van der Waals surface area contributed by atoms with Crippen molar-refractivity contribution in [1.82, 2.24) is 4.98 Å². The minimum Gasteiger partial charge on any atom is -0.324 e. The molecule has 0 aliphatic heterocycles. The molecule has 0 aliphatic carbocycles. The van der Waals surface area contributed by atoms with E-state index in [1.807, 2.05) is 30.3 Å². The number of nitro groups is 1. The summed E-state index contributed by atoms with van der Waals surface area (Å²) in [4.78, 5) is 27.5. The summed E-state index contributed by atoms with van der Waals surface area (Å²) in [7, 11) is 0. The fourth-order valence-corrected chi connectivity index (χ4v) is 3.20. The zero-order valence-corrected chi connectivity index (χ0v) is 14.0. The molecule has 126 valence electrons. The first-order valence-electron chi connectivity index (χ1n) is 7.64. The lowest BCUT2D eigenvalue weighted by atomic mass is 10.2. The van der Waals surface area contributed by atoms with Gasteiger partial charge in [-0.2, -0.15) is 0 Å². The van der Waals surface area contributed by atoms with Crippen LogP contribution in [0.2, 0.25) is 0 Å². The van der Waals surface area contributed by atoms with Gasteiger partial charge in [0.15, 0.2) is 0 Å². The quantitative estimate of drug-likeness (QED) is 0.406. The van der Waals surface area contributed by atoms with Crippen LogP contribution < -0.4 is 5.32 Å². The monoisotopic (exact) mass is 353 g/mol. The van der Waals surface area contributed by atoms with Gasteiger partial charge in [0.25, 0.3) is 5.69 Å². The molecule has 0 unspecified atom stereocenters. The van der Waals surface area contributed by atoms with E-state index in [4.69, 9.17) is 0 Å². The third-order valence-electron chi connectivity index (χ3n) is 3.55. The van der Waals surface area contributed by atoms with E-state index in [2.05, 4.69) is 10.3 Å². The molecule has 6 nitrogen and oxygen atoms in total. The summed E-state index contributed by atoms with van der Waals surface area (Å²) < 4.78 is 0. The Bertz CT molecular complexity index is 908. The maximum Gasteiger partial charge on any atom is 0.269 e. The molecule has 1 aromatic heterocycles. The van der Waals surface area contributed by atoms with E-state index < -0.39 is 4.92 Å². The average Bonchev–Trinajstić information content (AvgIpc) is 2.62. The number of nitrogens with one attached hydrogen (secondary N) is 1. The molecule has 7 heteroatoms. The number of fused-ring (bicyclic) bond motifs is 1. The van der Waals surface area contributed by atoms with Crippen LogP contribution >= 0.6 is 11.8 Å². The second kappa shape index (κ2) is 7.76. The van der Waals surface area contributed by atoms with Gasteiger partial charge in [0.2, 0.25) is 5.91 Å². The maximum atomic E-state index is 12.1. The number of pyridine rings is 1. The molecule has 0 fully saturated rings. The Morgan fingerprint density at radius 2 is 1.88 bits per heavy atom. The Kier molecular flexibility index (Phi) is 5.25. The van der Waals surface area contributed by atoms with E-state index in [1.54, 1.807) is 18.3 Å². The third-order valence-corrected chi connectivity index (χ3v) is 4.57. The Morgan fingerprint density at radius 1 is 1.12 bits per heavy atom. The molecule has 0 radical (unpaired) electrons. The minimum atomic E-state index is -0.430. The zero-order valence-electron chi connectivity index (χ0n) is 13.2. The van der Waals surface area contributed by atoms with Gasteiger partial charge in [0.1, 0.15) is 0 Å². The Labute approximate surface area is 148 Å². The number of benzene rings is 2. The number of nitrogens with zero attached hydrogens (tertiary/aromatic N) is 2. The normalized spacial score (nSPS) is 10.6. The van der Waals surface area contributed by atoms with Crippen molar-refractivity contribution >= 4 is 39.9 Å². The summed E-state index contributed by atoms with van der Waals surface area (Å²) in [6.07, 6.45) is 2.04. The molecule has 1 N–H and O–H groups in total. The molecule has 3 rings (SSSR count). The number of aromatic nitrogens is 1. The highest BCUT2D eigenvalue weighted by Gasteiger charge is 2.08. The van der Waals surface area contributed by atoms with Gasteiger partial charge >= 0.3 is 0 Å². The van der Waals surface area contributed by atoms with Crippen LogP contribution in [-0.2, 0) is 4.79 Å². The van der Waals surface area contributed by atoms with Crippen LogP contribution in [0.15, 0.2) is 65.7 Å². The van der Waals surface area contributed by atoms with E-state index in [1.165, 1.54) is 23.9 Å². The van der Waals surface area contributed by atoms with Gasteiger partial charge in [-0.3, -0.25) is 19.9 Å². The molecule has 3 aromatic rings. The number of thioether (sulfide) groups is 1. The summed E-state index contributed by atoms with van der Waals surface area (Å²) in [5.41, 5.74) is 1.52. The predicted octanol–water partition coefficient (Wildman–Crippen LogP) is 4.26. The number of hydrogen-bond donors (Lipinski definition) is 1. The average molecular weight is 353 g/mol. The lowest BCUT2D eigenvalue weighted by Gasteiger charge is -2.08. The van der Waals surface area contributed by atoms with Crippen molar-refractivity contribution in [2.75, 3.05) is 11.1 Å². The Balaban J connectivity index is 1.55. The van der Waals surface area contributed by atoms with Gasteiger partial charge in [-0.25, -0.2) is 0 Å². The topological polar surface area (TPSA) is 85.1 Å². The molecule has 25 heavy (non-hydrogen) atoms. The maximum absolute atomic E-state index is 12.1. The summed E-state index contributed by atoms with van der Waals surface area (Å²) in [5.74, 6) is 0.495. The van der Waals surface area contributed by atoms with Gasteiger partial charge in [-0.15, -0.1) is 11.8 Å². The number of amides is 1. The van der Waals surface area contributed by atoms with E-state index in [9.17, 15) is 14.9 Å².